The number of hydrogen-bond acceptors (Lipinski definition) is 2. The van der Waals surface area contributed by atoms with Gasteiger partial charge in [-0.1, -0.05) is 0 Å². The van der Waals surface area contributed by atoms with Crippen LogP contribution in [0.15, 0.2) is 0 Å². The highest BCUT2D eigenvalue weighted by atomic mass is 16.3. The second-order valence-corrected chi connectivity index (χ2v) is 3.88. The highest BCUT2D eigenvalue weighted by Gasteiger charge is 2.38. The molecule has 64 valence electrons. The molecule has 1 heterocycles. The first kappa shape index (κ1) is 7.56. The van der Waals surface area contributed by atoms with E-state index in [-0.39, 0.29) is 0 Å². The highest BCUT2D eigenvalue weighted by molar-refractivity contribution is 4.94. The average Bonchev–Trinajstić information content (AvgIpc) is 2.75. The molecule has 0 aromatic rings. The molecule has 1 saturated carbocycles. The van der Waals surface area contributed by atoms with Crippen LogP contribution in [0.3, 0.4) is 0 Å². The summed E-state index contributed by atoms with van der Waals surface area (Å²) in [6.45, 7) is 1.54. The summed E-state index contributed by atoms with van der Waals surface area (Å²) in [6.07, 6.45) is 5.12. The van der Waals surface area contributed by atoms with Crippen LogP contribution >= 0.6 is 0 Å². The lowest BCUT2D eigenvalue weighted by Gasteiger charge is -2.17. The largest absolute Gasteiger partial charge is 0.396 e. The van der Waals surface area contributed by atoms with Crippen molar-refractivity contribution < 1.29 is 5.11 Å². The lowest BCUT2D eigenvalue weighted by molar-refractivity contribution is 0.242. The van der Waals surface area contributed by atoms with Crippen LogP contribution < -0.4 is 5.32 Å². The number of hydrogen-bond donors (Lipinski definition) is 2. The van der Waals surface area contributed by atoms with Gasteiger partial charge in [-0.15, -0.1) is 0 Å². The fourth-order valence-corrected chi connectivity index (χ4v) is 2.28. The van der Waals surface area contributed by atoms with E-state index >= 15 is 0 Å². The summed E-state index contributed by atoms with van der Waals surface area (Å²) >= 11 is 0. The highest BCUT2D eigenvalue weighted by Crippen LogP contribution is 2.39. The molecule has 2 atom stereocenters. The zero-order chi connectivity index (χ0) is 7.68. The van der Waals surface area contributed by atoms with Gasteiger partial charge in [-0.05, 0) is 44.1 Å². The molecule has 2 unspecified atom stereocenters. The molecule has 2 fully saturated rings. The predicted octanol–water partition coefficient (Wildman–Crippen LogP) is 0.757. The van der Waals surface area contributed by atoms with Crippen LogP contribution in [0.2, 0.25) is 0 Å². The first-order valence-electron chi connectivity index (χ1n) is 4.76. The Kier molecular flexibility index (Phi) is 2.14. The van der Waals surface area contributed by atoms with Gasteiger partial charge in [0, 0.05) is 12.6 Å². The Morgan fingerprint density at radius 1 is 1.27 bits per heavy atom. The van der Waals surface area contributed by atoms with Gasteiger partial charge in [0.25, 0.3) is 0 Å². The third kappa shape index (κ3) is 1.57. The number of nitrogens with one attached hydrogen (secondary N) is 1. The predicted molar refractivity (Wildman–Crippen MR) is 44.3 cm³/mol. The molecule has 11 heavy (non-hydrogen) atoms. The van der Waals surface area contributed by atoms with Crippen molar-refractivity contribution in [1.29, 1.82) is 0 Å². The first-order chi connectivity index (χ1) is 5.42. The molecule has 0 radical (unpaired) electrons. The Morgan fingerprint density at radius 3 is 2.73 bits per heavy atom. The minimum atomic E-state index is 0.371. The van der Waals surface area contributed by atoms with E-state index in [1.165, 1.54) is 25.8 Å². The number of aliphatic hydroxyl groups is 1. The maximum absolute atomic E-state index is 8.82. The molecule has 0 bridgehead atoms. The van der Waals surface area contributed by atoms with Gasteiger partial charge in [0.05, 0.1) is 0 Å². The number of rotatable bonds is 3. The van der Waals surface area contributed by atoms with Gasteiger partial charge in [-0.3, -0.25) is 0 Å². The Morgan fingerprint density at radius 2 is 2.09 bits per heavy atom. The lowest BCUT2D eigenvalue weighted by atomic mass is 9.94. The normalized spacial score (nSPS) is 37.9. The minimum Gasteiger partial charge on any atom is -0.396 e. The summed E-state index contributed by atoms with van der Waals surface area (Å²) in [6, 6.07) is 0.752. The van der Waals surface area contributed by atoms with E-state index in [1.807, 2.05) is 0 Å². The van der Waals surface area contributed by atoms with E-state index in [1.54, 1.807) is 0 Å². The second kappa shape index (κ2) is 3.11. The van der Waals surface area contributed by atoms with Gasteiger partial charge in [0.15, 0.2) is 0 Å². The maximum Gasteiger partial charge on any atom is 0.0434 e. The smallest absolute Gasteiger partial charge is 0.0434 e. The third-order valence-corrected chi connectivity index (χ3v) is 3.03. The summed E-state index contributed by atoms with van der Waals surface area (Å²) in [4.78, 5) is 0. The fourth-order valence-electron chi connectivity index (χ4n) is 2.28. The Balaban J connectivity index is 1.85. The van der Waals surface area contributed by atoms with Crippen LogP contribution in [0, 0.1) is 11.8 Å². The summed E-state index contributed by atoms with van der Waals surface area (Å²) in [5.41, 5.74) is 0. The van der Waals surface area contributed by atoms with Gasteiger partial charge >= 0.3 is 0 Å². The number of aliphatic hydroxyl groups excluding tert-OH is 1. The Labute approximate surface area is 68.0 Å². The Hall–Kier alpha value is -0.0800. The first-order valence-corrected chi connectivity index (χ1v) is 4.76. The quantitative estimate of drug-likeness (QED) is 0.630. The molecule has 2 rings (SSSR count). The van der Waals surface area contributed by atoms with Crippen molar-refractivity contribution in [2.75, 3.05) is 13.2 Å². The molecule has 0 amide bonds. The average molecular weight is 155 g/mol. The van der Waals surface area contributed by atoms with Gasteiger partial charge in [0.1, 0.15) is 0 Å². The SMILES string of the molecule is OCCC1CCNC1C1CC1. The van der Waals surface area contributed by atoms with E-state index in [4.69, 9.17) is 5.11 Å². The van der Waals surface area contributed by atoms with Crippen molar-refractivity contribution in [3.8, 4) is 0 Å². The van der Waals surface area contributed by atoms with Gasteiger partial charge in [-0.25, -0.2) is 0 Å². The van der Waals surface area contributed by atoms with Crippen molar-refractivity contribution in [2.45, 2.75) is 31.7 Å². The molecule has 2 heteroatoms. The zero-order valence-corrected chi connectivity index (χ0v) is 6.92. The summed E-state index contributed by atoms with van der Waals surface area (Å²) in [7, 11) is 0. The topological polar surface area (TPSA) is 32.3 Å². The van der Waals surface area contributed by atoms with E-state index in [0.29, 0.717) is 6.61 Å². The summed E-state index contributed by atoms with van der Waals surface area (Å²) in [5.74, 6) is 1.72. The van der Waals surface area contributed by atoms with E-state index in [2.05, 4.69) is 5.32 Å². The minimum absolute atomic E-state index is 0.371. The van der Waals surface area contributed by atoms with Crippen molar-refractivity contribution in [1.82, 2.24) is 5.32 Å². The van der Waals surface area contributed by atoms with E-state index < -0.39 is 0 Å². The molecule has 0 aromatic heterocycles. The molecule has 2 nitrogen and oxygen atoms in total. The van der Waals surface area contributed by atoms with Crippen LogP contribution in [0.5, 0.6) is 0 Å². The molecule has 1 aliphatic carbocycles. The van der Waals surface area contributed by atoms with E-state index in [0.717, 1.165) is 24.3 Å². The van der Waals surface area contributed by atoms with Crippen molar-refractivity contribution >= 4 is 0 Å². The third-order valence-electron chi connectivity index (χ3n) is 3.03. The molecule has 1 aliphatic heterocycles. The van der Waals surface area contributed by atoms with Gasteiger partial charge < -0.3 is 10.4 Å². The monoisotopic (exact) mass is 155 g/mol. The van der Waals surface area contributed by atoms with Crippen LogP contribution in [0.4, 0.5) is 0 Å². The van der Waals surface area contributed by atoms with Crippen molar-refractivity contribution in [3.05, 3.63) is 0 Å². The van der Waals surface area contributed by atoms with Crippen LogP contribution in [0.25, 0.3) is 0 Å². The van der Waals surface area contributed by atoms with Crippen molar-refractivity contribution in [2.24, 2.45) is 11.8 Å². The molecular weight excluding hydrogens is 138 g/mol. The summed E-state index contributed by atoms with van der Waals surface area (Å²) < 4.78 is 0. The Bertz CT molecular complexity index is 134. The molecule has 0 spiro atoms. The standard InChI is InChI=1S/C9H17NO/c11-6-4-8-3-5-10-9(8)7-1-2-7/h7-11H,1-6H2. The lowest BCUT2D eigenvalue weighted by Crippen LogP contribution is -2.29. The van der Waals surface area contributed by atoms with Crippen LogP contribution in [-0.2, 0) is 0 Å². The molecular formula is C9H17NO. The van der Waals surface area contributed by atoms with Crippen LogP contribution in [-0.4, -0.2) is 24.3 Å². The van der Waals surface area contributed by atoms with Gasteiger partial charge in [0.2, 0.25) is 0 Å². The fraction of sp³-hybridized carbons (Fsp3) is 1.00. The van der Waals surface area contributed by atoms with Crippen LogP contribution in [0.1, 0.15) is 25.7 Å². The van der Waals surface area contributed by atoms with Gasteiger partial charge in [-0.2, -0.15) is 0 Å². The second-order valence-electron chi connectivity index (χ2n) is 3.88. The molecule has 1 saturated heterocycles. The van der Waals surface area contributed by atoms with E-state index in [9.17, 15) is 0 Å². The molecule has 2 aliphatic rings. The molecule has 2 N–H and O–H groups in total. The van der Waals surface area contributed by atoms with Crippen molar-refractivity contribution in [3.63, 3.8) is 0 Å². The molecule has 0 aromatic carbocycles. The zero-order valence-electron chi connectivity index (χ0n) is 6.92. The maximum atomic E-state index is 8.82. The summed E-state index contributed by atoms with van der Waals surface area (Å²) in [5, 5.41) is 12.4.